The summed E-state index contributed by atoms with van der Waals surface area (Å²) in [5.74, 6) is -1.04. The second kappa shape index (κ2) is 10.8. The predicted octanol–water partition coefficient (Wildman–Crippen LogP) is 4.68. The fourth-order valence-electron chi connectivity index (χ4n) is 3.87. The Bertz CT molecular complexity index is 870. The average molecular weight is 449 g/mol. The molecule has 1 atom stereocenters. The van der Waals surface area contributed by atoms with Gasteiger partial charge in [0, 0.05) is 13.1 Å². The van der Waals surface area contributed by atoms with Crippen LogP contribution in [0.2, 0.25) is 10.0 Å². The minimum atomic E-state index is -0.921. The molecule has 160 valence electrons. The first-order valence-corrected chi connectivity index (χ1v) is 10.9. The van der Waals surface area contributed by atoms with Crippen molar-refractivity contribution >= 4 is 35.1 Å². The topological polar surface area (TPSA) is 60.9 Å². The van der Waals surface area contributed by atoms with Crippen molar-refractivity contribution in [3.05, 3.63) is 69.7 Å². The molecule has 1 aliphatic rings. The number of carboxylic acid groups (broad SMARTS) is 1. The minimum Gasteiger partial charge on any atom is -0.481 e. The SMILES string of the molecule is O=C(O)CCN(C(=O)Cc1ccc(Cl)c(Cl)c1)[C@H](CN1CCCC1)c1ccccc1. The van der Waals surface area contributed by atoms with Crippen LogP contribution in [0.5, 0.6) is 0 Å². The number of halogens is 2. The van der Waals surface area contributed by atoms with Crippen molar-refractivity contribution in [3.8, 4) is 0 Å². The van der Waals surface area contributed by atoms with Gasteiger partial charge >= 0.3 is 5.97 Å². The van der Waals surface area contributed by atoms with Crippen molar-refractivity contribution in [2.24, 2.45) is 0 Å². The summed E-state index contributed by atoms with van der Waals surface area (Å²) < 4.78 is 0. The fraction of sp³-hybridized carbons (Fsp3) is 0.391. The van der Waals surface area contributed by atoms with Crippen LogP contribution in [-0.2, 0) is 16.0 Å². The third kappa shape index (κ3) is 6.21. The van der Waals surface area contributed by atoms with E-state index in [0.717, 1.165) is 37.1 Å². The lowest BCUT2D eigenvalue weighted by atomic mass is 10.0. The molecule has 0 saturated carbocycles. The standard InChI is InChI=1S/C23H26Cl2N2O3/c24-19-9-8-17(14-20(19)25)15-22(28)27(13-10-23(29)30)21(16-26-11-4-5-12-26)18-6-2-1-3-7-18/h1-3,6-9,14,21H,4-5,10-13,15-16H2,(H,29,30)/t21-/m1/s1. The smallest absolute Gasteiger partial charge is 0.305 e. The Hall–Kier alpha value is -2.08. The summed E-state index contributed by atoms with van der Waals surface area (Å²) in [6, 6.07) is 14.8. The first kappa shape index (κ1) is 22.6. The zero-order valence-electron chi connectivity index (χ0n) is 16.8. The van der Waals surface area contributed by atoms with E-state index >= 15 is 0 Å². The van der Waals surface area contributed by atoms with Crippen LogP contribution in [0.15, 0.2) is 48.5 Å². The van der Waals surface area contributed by atoms with Gasteiger partial charge in [-0.15, -0.1) is 0 Å². The first-order chi connectivity index (χ1) is 14.4. The number of carbonyl (C=O) groups excluding carboxylic acids is 1. The number of rotatable bonds is 9. The van der Waals surface area contributed by atoms with E-state index in [0.29, 0.717) is 16.6 Å². The maximum absolute atomic E-state index is 13.3. The van der Waals surface area contributed by atoms with Gasteiger partial charge in [-0.2, -0.15) is 0 Å². The quantitative estimate of drug-likeness (QED) is 0.604. The lowest BCUT2D eigenvalue weighted by Crippen LogP contribution is -2.42. The Morgan fingerprint density at radius 1 is 1.03 bits per heavy atom. The van der Waals surface area contributed by atoms with E-state index in [1.165, 1.54) is 0 Å². The molecular weight excluding hydrogens is 423 g/mol. The molecule has 0 radical (unpaired) electrons. The van der Waals surface area contributed by atoms with E-state index in [1.54, 1.807) is 23.1 Å². The summed E-state index contributed by atoms with van der Waals surface area (Å²) >= 11 is 12.1. The highest BCUT2D eigenvalue weighted by Crippen LogP contribution is 2.27. The number of aliphatic carboxylic acids is 1. The number of carbonyl (C=O) groups is 2. The number of hydrogen-bond acceptors (Lipinski definition) is 3. The molecule has 0 spiro atoms. The number of carboxylic acids is 1. The zero-order chi connectivity index (χ0) is 21.5. The Morgan fingerprint density at radius 2 is 1.73 bits per heavy atom. The Balaban J connectivity index is 1.87. The number of amides is 1. The van der Waals surface area contributed by atoms with E-state index in [4.69, 9.17) is 23.2 Å². The molecule has 0 aromatic heterocycles. The zero-order valence-corrected chi connectivity index (χ0v) is 18.3. The van der Waals surface area contributed by atoms with Gasteiger partial charge in [-0.25, -0.2) is 0 Å². The normalized spacial score (nSPS) is 15.1. The van der Waals surface area contributed by atoms with Crippen LogP contribution in [0.25, 0.3) is 0 Å². The molecule has 7 heteroatoms. The van der Waals surface area contributed by atoms with Gasteiger partial charge in [-0.05, 0) is 49.2 Å². The molecule has 1 saturated heterocycles. The summed E-state index contributed by atoms with van der Waals surface area (Å²) in [4.78, 5) is 28.7. The van der Waals surface area contributed by atoms with Crippen LogP contribution >= 0.6 is 23.2 Å². The molecule has 5 nitrogen and oxygen atoms in total. The van der Waals surface area contributed by atoms with Crippen molar-refractivity contribution in [1.82, 2.24) is 9.80 Å². The Kier molecular flexibility index (Phi) is 8.14. The average Bonchev–Trinajstić information content (AvgIpc) is 3.24. The number of hydrogen-bond donors (Lipinski definition) is 1. The third-order valence-electron chi connectivity index (χ3n) is 5.42. The number of nitrogens with zero attached hydrogens (tertiary/aromatic N) is 2. The van der Waals surface area contributed by atoms with Crippen LogP contribution in [-0.4, -0.2) is 53.0 Å². The molecule has 1 aliphatic heterocycles. The summed E-state index contributed by atoms with van der Waals surface area (Å²) in [5, 5.41) is 10.1. The fourth-order valence-corrected chi connectivity index (χ4v) is 4.19. The molecule has 0 unspecified atom stereocenters. The Morgan fingerprint density at radius 3 is 2.37 bits per heavy atom. The highest BCUT2D eigenvalue weighted by molar-refractivity contribution is 6.42. The van der Waals surface area contributed by atoms with Crippen LogP contribution in [0.3, 0.4) is 0 Å². The second-order valence-electron chi connectivity index (χ2n) is 7.59. The van der Waals surface area contributed by atoms with Gasteiger partial charge in [-0.3, -0.25) is 9.59 Å². The van der Waals surface area contributed by atoms with Gasteiger partial charge in [0.2, 0.25) is 5.91 Å². The highest BCUT2D eigenvalue weighted by atomic mass is 35.5. The maximum atomic E-state index is 13.3. The lowest BCUT2D eigenvalue weighted by Gasteiger charge is -2.35. The number of likely N-dealkylation sites (tertiary alicyclic amines) is 1. The van der Waals surface area contributed by atoms with E-state index < -0.39 is 5.97 Å². The first-order valence-electron chi connectivity index (χ1n) is 10.2. The van der Waals surface area contributed by atoms with E-state index in [9.17, 15) is 14.7 Å². The van der Waals surface area contributed by atoms with Gasteiger partial charge in [0.05, 0.1) is 28.9 Å². The maximum Gasteiger partial charge on any atom is 0.305 e. The van der Waals surface area contributed by atoms with Gasteiger partial charge in [0.1, 0.15) is 0 Å². The largest absolute Gasteiger partial charge is 0.481 e. The van der Waals surface area contributed by atoms with Gasteiger partial charge in [-0.1, -0.05) is 59.6 Å². The molecule has 1 heterocycles. The van der Waals surface area contributed by atoms with E-state index in [2.05, 4.69) is 4.90 Å². The predicted molar refractivity (Wildman–Crippen MR) is 119 cm³/mol. The van der Waals surface area contributed by atoms with Crippen LogP contribution in [0, 0.1) is 0 Å². The van der Waals surface area contributed by atoms with Crippen molar-refractivity contribution in [1.29, 1.82) is 0 Å². The van der Waals surface area contributed by atoms with Crippen molar-refractivity contribution < 1.29 is 14.7 Å². The van der Waals surface area contributed by atoms with Crippen molar-refractivity contribution in [2.45, 2.75) is 31.7 Å². The molecule has 2 aromatic carbocycles. The summed E-state index contributed by atoms with van der Waals surface area (Å²) in [6.07, 6.45) is 2.33. The Labute approximate surface area is 187 Å². The van der Waals surface area contributed by atoms with Gasteiger partial charge in [0.25, 0.3) is 0 Å². The monoisotopic (exact) mass is 448 g/mol. The van der Waals surface area contributed by atoms with Crippen LogP contribution in [0.4, 0.5) is 0 Å². The van der Waals surface area contributed by atoms with Crippen molar-refractivity contribution in [2.75, 3.05) is 26.2 Å². The second-order valence-corrected chi connectivity index (χ2v) is 8.40. The molecule has 1 amide bonds. The third-order valence-corrected chi connectivity index (χ3v) is 6.16. The summed E-state index contributed by atoms with van der Waals surface area (Å²) in [6.45, 7) is 2.84. The van der Waals surface area contributed by atoms with E-state index in [1.807, 2.05) is 30.3 Å². The molecule has 1 fully saturated rings. The highest BCUT2D eigenvalue weighted by Gasteiger charge is 2.28. The van der Waals surface area contributed by atoms with Crippen LogP contribution in [0.1, 0.15) is 36.4 Å². The minimum absolute atomic E-state index is 0.101. The molecule has 2 aromatic rings. The van der Waals surface area contributed by atoms with Gasteiger partial charge < -0.3 is 14.9 Å². The summed E-state index contributed by atoms with van der Waals surface area (Å²) in [5.41, 5.74) is 1.76. The van der Waals surface area contributed by atoms with Gasteiger partial charge in [0.15, 0.2) is 0 Å². The molecule has 0 aliphatic carbocycles. The summed E-state index contributed by atoms with van der Waals surface area (Å²) in [7, 11) is 0. The molecule has 1 N–H and O–H groups in total. The lowest BCUT2D eigenvalue weighted by molar-refractivity contribution is -0.139. The van der Waals surface area contributed by atoms with Crippen LogP contribution < -0.4 is 0 Å². The number of benzene rings is 2. The van der Waals surface area contributed by atoms with Crippen molar-refractivity contribution in [3.63, 3.8) is 0 Å². The molecule has 0 bridgehead atoms. The molecule has 30 heavy (non-hydrogen) atoms. The molecule has 3 rings (SSSR count). The van der Waals surface area contributed by atoms with E-state index in [-0.39, 0.29) is 31.3 Å². The molecular formula is C23H26Cl2N2O3.